The van der Waals surface area contributed by atoms with Crippen molar-refractivity contribution in [3.05, 3.63) is 0 Å². The second kappa shape index (κ2) is 3.90. The zero-order valence-electron chi connectivity index (χ0n) is 12.2. The van der Waals surface area contributed by atoms with Crippen LogP contribution in [0.15, 0.2) is 0 Å². The number of hydrogen-bond acceptors (Lipinski definition) is 3. The van der Waals surface area contributed by atoms with Crippen LogP contribution in [0.1, 0.15) is 40.5 Å². The second-order valence-electron chi connectivity index (χ2n) is 7.34. The molecule has 0 aromatic carbocycles. The minimum absolute atomic E-state index is 0.0186. The van der Waals surface area contributed by atoms with Gasteiger partial charge in [-0.25, -0.2) is 0 Å². The molecule has 116 valence electrons. The maximum absolute atomic E-state index is 12.5. The Bertz CT molecular complexity index is 418. The number of hydrogen-bond donors (Lipinski definition) is 0. The molecule has 0 unspecified atom stereocenters. The van der Waals surface area contributed by atoms with Crippen molar-refractivity contribution in [3.8, 4) is 0 Å². The molecule has 4 aliphatic rings. The van der Waals surface area contributed by atoms with E-state index in [0.717, 1.165) is 12.8 Å². The van der Waals surface area contributed by atoms with Crippen LogP contribution in [0.2, 0.25) is 0 Å². The first kappa shape index (κ1) is 14.6. The molecule has 1 saturated heterocycles. The highest BCUT2D eigenvalue weighted by molar-refractivity contribution is 5.17. The Balaban J connectivity index is 1.89. The number of halogens is 3. The van der Waals surface area contributed by atoms with E-state index in [1.165, 1.54) is 0 Å². The van der Waals surface area contributed by atoms with Crippen LogP contribution in [0.25, 0.3) is 0 Å². The largest absolute Gasteiger partial charge is 0.522 e. The van der Waals surface area contributed by atoms with E-state index in [9.17, 15) is 13.2 Å². The van der Waals surface area contributed by atoms with Crippen molar-refractivity contribution in [1.82, 2.24) is 0 Å². The van der Waals surface area contributed by atoms with E-state index >= 15 is 0 Å². The predicted molar refractivity (Wildman–Crippen MR) is 64.8 cm³/mol. The van der Waals surface area contributed by atoms with Gasteiger partial charge in [0.1, 0.15) is 5.60 Å². The highest BCUT2D eigenvalue weighted by Crippen LogP contribution is 2.67. The van der Waals surface area contributed by atoms with Crippen LogP contribution in [0, 0.1) is 17.3 Å². The highest BCUT2D eigenvalue weighted by atomic mass is 19.4. The number of alkyl halides is 3. The first-order valence-electron chi connectivity index (χ1n) is 7.05. The zero-order valence-corrected chi connectivity index (χ0v) is 12.2. The Morgan fingerprint density at radius 2 is 1.80 bits per heavy atom. The topological polar surface area (TPSA) is 27.7 Å². The third-order valence-electron chi connectivity index (χ3n) is 5.43. The quantitative estimate of drug-likeness (QED) is 0.780. The summed E-state index contributed by atoms with van der Waals surface area (Å²) in [6.45, 7) is 7.24. The van der Waals surface area contributed by atoms with Gasteiger partial charge in [0.15, 0.2) is 5.79 Å². The Kier molecular flexibility index (Phi) is 2.85. The normalized spacial score (nSPS) is 44.9. The molecule has 6 heteroatoms. The molecule has 20 heavy (non-hydrogen) atoms. The third kappa shape index (κ3) is 1.99. The summed E-state index contributed by atoms with van der Waals surface area (Å²) in [5, 5.41) is 0. The summed E-state index contributed by atoms with van der Waals surface area (Å²) in [6, 6.07) is 0. The average molecular weight is 294 g/mol. The van der Waals surface area contributed by atoms with Gasteiger partial charge in [0.05, 0.1) is 12.7 Å². The number of ether oxygens (including phenoxy) is 3. The van der Waals surface area contributed by atoms with Crippen molar-refractivity contribution in [1.29, 1.82) is 0 Å². The molecule has 0 amide bonds. The minimum Gasteiger partial charge on any atom is -0.344 e. The molecule has 4 rings (SSSR count). The first-order chi connectivity index (χ1) is 8.96. The summed E-state index contributed by atoms with van der Waals surface area (Å²) in [5.41, 5.74) is -0.994. The van der Waals surface area contributed by atoms with Crippen LogP contribution in [0.4, 0.5) is 13.2 Å². The van der Waals surface area contributed by atoms with Gasteiger partial charge in [0, 0.05) is 0 Å². The van der Waals surface area contributed by atoms with Crippen molar-refractivity contribution in [2.45, 2.75) is 64.4 Å². The fraction of sp³-hybridized carbons (Fsp3) is 1.00. The van der Waals surface area contributed by atoms with Gasteiger partial charge in [-0.3, -0.25) is 4.74 Å². The molecule has 3 saturated carbocycles. The first-order valence-corrected chi connectivity index (χ1v) is 7.05. The van der Waals surface area contributed by atoms with E-state index in [1.54, 1.807) is 13.8 Å². The Morgan fingerprint density at radius 3 is 2.35 bits per heavy atom. The molecule has 2 bridgehead atoms. The van der Waals surface area contributed by atoms with Crippen molar-refractivity contribution in [2.75, 3.05) is 6.61 Å². The summed E-state index contributed by atoms with van der Waals surface area (Å²) in [6.07, 6.45) is -3.31. The maximum Gasteiger partial charge on any atom is 0.522 e. The van der Waals surface area contributed by atoms with Gasteiger partial charge in [0.25, 0.3) is 0 Å². The monoisotopic (exact) mass is 294 g/mol. The lowest BCUT2D eigenvalue weighted by Crippen LogP contribution is -2.68. The second-order valence-corrected chi connectivity index (χ2v) is 7.34. The standard InChI is InChI=1S/C14H21F3O3/c1-11(2)8-5-9(11)13(7-18-14(15,16)17)10(6-8)19-12(3,4)20-13/h8-10H,5-7H2,1-4H3/t8-,9-,10+,13-/m1/s1. The average Bonchev–Trinajstić information content (AvgIpc) is 2.55. The molecule has 0 spiro atoms. The van der Waals surface area contributed by atoms with Crippen LogP contribution < -0.4 is 0 Å². The molecule has 0 radical (unpaired) electrons. The van der Waals surface area contributed by atoms with Crippen LogP contribution in [-0.2, 0) is 14.2 Å². The number of rotatable bonds is 2. The van der Waals surface area contributed by atoms with E-state index in [4.69, 9.17) is 9.47 Å². The van der Waals surface area contributed by atoms with E-state index < -0.39 is 24.4 Å². The van der Waals surface area contributed by atoms with Gasteiger partial charge >= 0.3 is 6.36 Å². The van der Waals surface area contributed by atoms with Gasteiger partial charge in [0.2, 0.25) is 0 Å². The van der Waals surface area contributed by atoms with Gasteiger partial charge in [-0.05, 0) is 43.9 Å². The lowest BCUT2D eigenvalue weighted by atomic mass is 9.43. The molecule has 0 aromatic rings. The van der Waals surface area contributed by atoms with Gasteiger partial charge in [-0.15, -0.1) is 13.2 Å². The summed E-state index contributed by atoms with van der Waals surface area (Å²) in [4.78, 5) is 0. The highest BCUT2D eigenvalue weighted by Gasteiger charge is 2.71. The predicted octanol–water partition coefficient (Wildman–Crippen LogP) is 3.48. The van der Waals surface area contributed by atoms with Crippen molar-refractivity contribution < 1.29 is 27.4 Å². The Hall–Kier alpha value is -0.330. The van der Waals surface area contributed by atoms with Gasteiger partial charge < -0.3 is 9.47 Å². The fourth-order valence-electron chi connectivity index (χ4n) is 4.45. The lowest BCUT2D eigenvalue weighted by molar-refractivity contribution is -0.355. The van der Waals surface area contributed by atoms with E-state index in [0.29, 0.717) is 5.92 Å². The van der Waals surface area contributed by atoms with Gasteiger partial charge in [-0.2, -0.15) is 0 Å². The molecule has 0 aromatic heterocycles. The minimum atomic E-state index is -4.64. The third-order valence-corrected chi connectivity index (χ3v) is 5.43. The molecule has 0 N–H and O–H groups in total. The molecular formula is C14H21F3O3. The fourth-order valence-corrected chi connectivity index (χ4v) is 4.45. The SMILES string of the molecule is CC1(C)O[C@H]2C[C@H]3C[C@H](C3(C)C)[C@@]2(COC(F)(F)F)O1. The van der Waals surface area contributed by atoms with Crippen LogP contribution >= 0.6 is 0 Å². The van der Waals surface area contributed by atoms with Crippen molar-refractivity contribution in [3.63, 3.8) is 0 Å². The molecule has 1 heterocycles. The smallest absolute Gasteiger partial charge is 0.344 e. The Morgan fingerprint density at radius 1 is 1.15 bits per heavy atom. The van der Waals surface area contributed by atoms with E-state index in [1.807, 2.05) is 0 Å². The van der Waals surface area contributed by atoms with Crippen LogP contribution in [0.3, 0.4) is 0 Å². The molecule has 3 aliphatic carbocycles. The van der Waals surface area contributed by atoms with Gasteiger partial charge in [-0.1, -0.05) is 13.8 Å². The zero-order chi connectivity index (χ0) is 15.0. The summed E-state index contributed by atoms with van der Waals surface area (Å²) in [5.74, 6) is -0.315. The molecule has 4 fully saturated rings. The lowest BCUT2D eigenvalue weighted by Gasteiger charge is -2.64. The van der Waals surface area contributed by atoms with E-state index in [-0.39, 0.29) is 17.4 Å². The maximum atomic E-state index is 12.5. The van der Waals surface area contributed by atoms with Crippen LogP contribution in [0.5, 0.6) is 0 Å². The summed E-state index contributed by atoms with van der Waals surface area (Å²) in [7, 11) is 0. The Labute approximate surface area is 116 Å². The molecule has 3 nitrogen and oxygen atoms in total. The summed E-state index contributed by atoms with van der Waals surface area (Å²) < 4.78 is 53.4. The van der Waals surface area contributed by atoms with E-state index in [2.05, 4.69) is 18.6 Å². The molecular weight excluding hydrogens is 273 g/mol. The molecule has 4 atom stereocenters. The van der Waals surface area contributed by atoms with Crippen molar-refractivity contribution >= 4 is 0 Å². The summed E-state index contributed by atoms with van der Waals surface area (Å²) >= 11 is 0. The van der Waals surface area contributed by atoms with Crippen LogP contribution in [-0.4, -0.2) is 30.5 Å². The van der Waals surface area contributed by atoms with Crippen molar-refractivity contribution in [2.24, 2.45) is 17.3 Å². The molecule has 1 aliphatic heterocycles.